The van der Waals surface area contributed by atoms with Crippen molar-refractivity contribution in [2.75, 3.05) is 6.61 Å². The Morgan fingerprint density at radius 2 is 2.00 bits per heavy atom. The minimum Gasteiger partial charge on any atom is -0.481 e. The number of hydroxylamine groups is 1. The van der Waals surface area contributed by atoms with Crippen LogP contribution in [-0.2, 0) is 9.63 Å². The topological polar surface area (TPSA) is 47.6 Å². The van der Waals surface area contributed by atoms with Gasteiger partial charge in [-0.3, -0.25) is 9.63 Å². The molecule has 0 fully saturated rings. The SMILES string of the molecule is CC(C)=CCONC(=O)C(C)Oc1ccc(Cl)cc1. The van der Waals surface area contributed by atoms with Gasteiger partial charge >= 0.3 is 0 Å². The lowest BCUT2D eigenvalue weighted by Crippen LogP contribution is -2.36. The minimum atomic E-state index is -0.645. The van der Waals surface area contributed by atoms with Gasteiger partial charge in [0.15, 0.2) is 6.10 Å². The third-order valence-electron chi connectivity index (χ3n) is 2.24. The van der Waals surface area contributed by atoms with Crippen LogP contribution in [0.1, 0.15) is 20.8 Å². The molecule has 1 aromatic rings. The summed E-state index contributed by atoms with van der Waals surface area (Å²) in [5.74, 6) is 0.244. The summed E-state index contributed by atoms with van der Waals surface area (Å²) in [4.78, 5) is 16.7. The average Bonchev–Trinajstić information content (AvgIpc) is 2.36. The maximum absolute atomic E-state index is 11.7. The zero-order chi connectivity index (χ0) is 14.3. The minimum absolute atomic E-state index is 0.335. The molecule has 1 rings (SSSR count). The Bertz CT molecular complexity index is 439. The van der Waals surface area contributed by atoms with Gasteiger partial charge < -0.3 is 4.74 Å². The van der Waals surface area contributed by atoms with Crippen molar-refractivity contribution in [3.63, 3.8) is 0 Å². The van der Waals surface area contributed by atoms with Crippen molar-refractivity contribution < 1.29 is 14.4 Å². The highest BCUT2D eigenvalue weighted by atomic mass is 35.5. The van der Waals surface area contributed by atoms with E-state index in [-0.39, 0.29) is 5.91 Å². The molecule has 0 saturated heterocycles. The van der Waals surface area contributed by atoms with Crippen molar-refractivity contribution in [1.29, 1.82) is 0 Å². The van der Waals surface area contributed by atoms with Gasteiger partial charge in [0.25, 0.3) is 5.91 Å². The summed E-state index contributed by atoms with van der Waals surface area (Å²) in [5.41, 5.74) is 3.46. The van der Waals surface area contributed by atoms with Crippen LogP contribution in [0.5, 0.6) is 5.75 Å². The van der Waals surface area contributed by atoms with Gasteiger partial charge in [-0.25, -0.2) is 5.48 Å². The average molecular weight is 284 g/mol. The second-order valence-electron chi connectivity index (χ2n) is 4.27. The molecule has 1 amide bonds. The van der Waals surface area contributed by atoms with Crippen LogP contribution in [0, 0.1) is 0 Å². The first-order valence-corrected chi connectivity index (χ1v) is 6.34. The number of ether oxygens (including phenoxy) is 1. The Hall–Kier alpha value is -1.52. The zero-order valence-electron chi connectivity index (χ0n) is 11.3. The van der Waals surface area contributed by atoms with Crippen molar-refractivity contribution in [2.45, 2.75) is 26.9 Å². The van der Waals surface area contributed by atoms with Crippen LogP contribution in [0.25, 0.3) is 0 Å². The second kappa shape index (κ2) is 7.81. The molecule has 0 aliphatic carbocycles. The highest BCUT2D eigenvalue weighted by molar-refractivity contribution is 6.30. The van der Waals surface area contributed by atoms with Gasteiger partial charge in [-0.1, -0.05) is 23.3 Å². The number of hydrogen-bond acceptors (Lipinski definition) is 3. The Kier molecular flexibility index (Phi) is 6.39. The summed E-state index contributed by atoms with van der Waals surface area (Å²) in [6, 6.07) is 6.81. The van der Waals surface area contributed by atoms with Gasteiger partial charge in [-0.2, -0.15) is 0 Å². The molecule has 0 aliphatic rings. The first kappa shape index (κ1) is 15.5. The van der Waals surface area contributed by atoms with E-state index in [4.69, 9.17) is 21.2 Å². The first-order valence-electron chi connectivity index (χ1n) is 5.96. The number of carbonyl (C=O) groups is 1. The Morgan fingerprint density at radius 3 is 2.58 bits per heavy atom. The number of halogens is 1. The molecule has 0 radical (unpaired) electrons. The van der Waals surface area contributed by atoms with E-state index in [1.165, 1.54) is 0 Å². The van der Waals surface area contributed by atoms with Crippen LogP contribution >= 0.6 is 11.6 Å². The fraction of sp³-hybridized carbons (Fsp3) is 0.357. The van der Waals surface area contributed by atoms with Gasteiger partial charge in [-0.15, -0.1) is 0 Å². The summed E-state index contributed by atoms with van der Waals surface area (Å²) in [7, 11) is 0. The summed E-state index contributed by atoms with van der Waals surface area (Å²) in [5, 5.41) is 0.620. The third-order valence-corrected chi connectivity index (χ3v) is 2.50. The van der Waals surface area contributed by atoms with E-state index >= 15 is 0 Å². The van der Waals surface area contributed by atoms with E-state index in [2.05, 4.69) is 5.48 Å². The van der Waals surface area contributed by atoms with E-state index < -0.39 is 6.10 Å². The molecular formula is C14H18ClNO3. The predicted octanol–water partition coefficient (Wildman–Crippen LogP) is 3.12. The lowest BCUT2D eigenvalue weighted by Gasteiger charge is -2.14. The second-order valence-corrected chi connectivity index (χ2v) is 4.71. The Morgan fingerprint density at radius 1 is 1.37 bits per heavy atom. The van der Waals surface area contributed by atoms with E-state index in [0.29, 0.717) is 17.4 Å². The van der Waals surface area contributed by atoms with Gasteiger partial charge in [0.05, 0.1) is 6.61 Å². The van der Waals surface area contributed by atoms with E-state index in [0.717, 1.165) is 5.57 Å². The number of benzene rings is 1. The van der Waals surface area contributed by atoms with Crippen LogP contribution < -0.4 is 10.2 Å². The molecule has 5 heteroatoms. The maximum Gasteiger partial charge on any atom is 0.284 e. The number of nitrogens with one attached hydrogen (secondary N) is 1. The van der Waals surface area contributed by atoms with Crippen molar-refractivity contribution >= 4 is 17.5 Å². The summed E-state index contributed by atoms with van der Waals surface area (Å²) >= 11 is 5.76. The third kappa shape index (κ3) is 6.27. The molecule has 0 heterocycles. The molecule has 1 atom stereocenters. The standard InChI is InChI=1S/C14H18ClNO3/c1-10(2)8-9-18-16-14(17)11(3)19-13-6-4-12(15)5-7-13/h4-8,11H,9H2,1-3H3,(H,16,17). The monoisotopic (exact) mass is 283 g/mol. The molecule has 4 nitrogen and oxygen atoms in total. The van der Waals surface area contributed by atoms with Crippen molar-refractivity contribution in [1.82, 2.24) is 5.48 Å². The van der Waals surface area contributed by atoms with Gasteiger partial charge in [0.2, 0.25) is 0 Å². The smallest absolute Gasteiger partial charge is 0.284 e. The van der Waals surface area contributed by atoms with E-state index in [1.54, 1.807) is 31.2 Å². The number of rotatable bonds is 6. The van der Waals surface area contributed by atoms with E-state index in [1.807, 2.05) is 19.9 Å². The molecule has 0 saturated carbocycles. The Balaban J connectivity index is 2.36. The zero-order valence-corrected chi connectivity index (χ0v) is 12.0. The van der Waals surface area contributed by atoms with Crippen molar-refractivity contribution in [3.05, 3.63) is 40.9 Å². The quantitative estimate of drug-likeness (QED) is 0.496. The summed E-state index contributed by atoms with van der Waals surface area (Å²) < 4.78 is 5.44. The van der Waals surface area contributed by atoms with Crippen LogP contribution in [0.3, 0.4) is 0 Å². The molecule has 0 aromatic heterocycles. The highest BCUT2D eigenvalue weighted by Gasteiger charge is 2.14. The van der Waals surface area contributed by atoms with Crippen LogP contribution in [-0.4, -0.2) is 18.6 Å². The number of hydrogen-bond donors (Lipinski definition) is 1. The molecule has 19 heavy (non-hydrogen) atoms. The molecular weight excluding hydrogens is 266 g/mol. The molecule has 0 spiro atoms. The molecule has 0 bridgehead atoms. The predicted molar refractivity (Wildman–Crippen MR) is 75.1 cm³/mol. The first-order chi connectivity index (χ1) is 8.99. The highest BCUT2D eigenvalue weighted by Crippen LogP contribution is 2.16. The molecule has 1 unspecified atom stereocenters. The van der Waals surface area contributed by atoms with Gasteiger partial charge in [0.1, 0.15) is 5.75 Å². The maximum atomic E-state index is 11.7. The Labute approximate surface area is 118 Å². The van der Waals surface area contributed by atoms with Gasteiger partial charge in [0, 0.05) is 5.02 Å². The fourth-order valence-electron chi connectivity index (χ4n) is 1.17. The fourth-order valence-corrected chi connectivity index (χ4v) is 1.30. The number of carbonyl (C=O) groups excluding carboxylic acids is 1. The van der Waals surface area contributed by atoms with Gasteiger partial charge in [-0.05, 0) is 45.0 Å². The molecule has 0 aliphatic heterocycles. The van der Waals surface area contributed by atoms with Crippen LogP contribution in [0.2, 0.25) is 5.02 Å². The largest absolute Gasteiger partial charge is 0.481 e. The molecule has 1 aromatic carbocycles. The van der Waals surface area contributed by atoms with Crippen molar-refractivity contribution in [3.8, 4) is 5.75 Å². The van der Waals surface area contributed by atoms with Crippen molar-refractivity contribution in [2.24, 2.45) is 0 Å². The number of allylic oxidation sites excluding steroid dienone is 1. The normalized spacial score (nSPS) is 11.6. The van der Waals surface area contributed by atoms with E-state index in [9.17, 15) is 4.79 Å². The molecule has 1 N–H and O–H groups in total. The van der Waals surface area contributed by atoms with Crippen LogP contribution in [0.15, 0.2) is 35.9 Å². The summed E-state index contributed by atoms with van der Waals surface area (Å²) in [6.45, 7) is 5.89. The lowest BCUT2D eigenvalue weighted by atomic mass is 10.3. The number of amides is 1. The molecule has 104 valence electrons. The van der Waals surface area contributed by atoms with Crippen LogP contribution in [0.4, 0.5) is 0 Å². The summed E-state index contributed by atoms with van der Waals surface area (Å²) in [6.07, 6.45) is 1.22. The lowest BCUT2D eigenvalue weighted by molar-refractivity contribution is -0.139.